The molecular weight excluding hydrogens is 684 g/mol. The summed E-state index contributed by atoms with van der Waals surface area (Å²) in [7, 11) is 0. The van der Waals surface area contributed by atoms with Crippen molar-refractivity contribution in [2.75, 3.05) is 32.7 Å². The molecule has 292 valence electrons. The van der Waals surface area contributed by atoms with Crippen LogP contribution in [-0.4, -0.2) is 109 Å². The molecule has 17 nitrogen and oxygen atoms in total. The highest BCUT2D eigenvalue weighted by Gasteiger charge is 2.29. The number of hydrogen-bond donors (Lipinski definition) is 12. The lowest BCUT2D eigenvalue weighted by Gasteiger charge is -2.24. The van der Waals surface area contributed by atoms with Gasteiger partial charge in [0.1, 0.15) is 17.8 Å². The number of fused-ring (bicyclic) bond motifs is 5. The lowest BCUT2D eigenvalue weighted by molar-refractivity contribution is -0.132. The van der Waals surface area contributed by atoms with Gasteiger partial charge >= 0.3 is 0 Å². The van der Waals surface area contributed by atoms with Crippen molar-refractivity contribution in [2.45, 2.75) is 87.7 Å². The molecule has 1 unspecified atom stereocenters. The fourth-order valence-electron chi connectivity index (χ4n) is 5.74. The third kappa shape index (κ3) is 14.0. The first-order valence-electron chi connectivity index (χ1n) is 18.0. The van der Waals surface area contributed by atoms with Crippen LogP contribution in [0.25, 0.3) is 11.1 Å². The highest BCUT2D eigenvalue weighted by atomic mass is 16.3. The van der Waals surface area contributed by atoms with Gasteiger partial charge in [-0.2, -0.15) is 0 Å². The average Bonchev–Trinajstić information content (AvgIpc) is 3.15. The number of carbonyl (C=O) groups excluding carboxylic acids is 5. The Labute approximate surface area is 309 Å². The maximum absolute atomic E-state index is 13.6. The predicted molar refractivity (Wildman–Crippen MR) is 200 cm³/mol. The van der Waals surface area contributed by atoms with Gasteiger partial charge in [0.15, 0.2) is 0 Å². The number of amides is 5. The van der Waals surface area contributed by atoms with E-state index >= 15 is 0 Å². The highest BCUT2D eigenvalue weighted by Crippen LogP contribution is 2.28. The number of aliphatic hydroxyl groups excluding tert-OH is 1. The first-order chi connectivity index (χ1) is 25.3. The van der Waals surface area contributed by atoms with Crippen LogP contribution in [0.3, 0.4) is 0 Å². The molecular formula is C36H56N10O7. The Kier molecular flexibility index (Phi) is 17.6. The minimum Gasteiger partial charge on any atom is -0.508 e. The zero-order chi connectivity index (χ0) is 38.9. The fourth-order valence-corrected chi connectivity index (χ4v) is 5.74. The van der Waals surface area contributed by atoms with E-state index in [4.69, 9.17) is 28.7 Å². The Hall–Kier alpha value is -4.65. The smallest absolute Gasteiger partial charge is 0.243 e. The molecule has 0 fully saturated rings. The number of nitrogens with two attached hydrogens (primary N) is 5. The van der Waals surface area contributed by atoms with Gasteiger partial charge in [-0.1, -0.05) is 30.3 Å². The normalized spacial score (nSPS) is 19.3. The Balaban J connectivity index is 1.61. The molecule has 53 heavy (non-hydrogen) atoms. The molecule has 1 aliphatic rings. The second-order valence-electron chi connectivity index (χ2n) is 13.3. The standard InChI is InChI=1S/C36H56N10O7/c37-12-2-9-29-36(53)46-30(16-21-5-1-6-22(15-21)23-10-11-31(48)24(17-23)18-28(41)34(51)45-29)35(52)43-14-4-7-26(39)32(49)42-13-3-8-27(40)33(50)44-20-25(47)19-38/h1,5-6,10-11,15,17,25-30,47-48H,2-4,7-9,12-14,16,18-20,37-41H2,(H,42,49)(H,43,52)(H,44,50)(H,45,51)(H,46,53)/t25?,26-,27-,28-,29-,30-/m0/s1. The summed E-state index contributed by atoms with van der Waals surface area (Å²) in [6.45, 7) is 0.726. The molecule has 0 spiro atoms. The van der Waals surface area contributed by atoms with Crippen molar-refractivity contribution in [1.29, 1.82) is 0 Å². The zero-order valence-electron chi connectivity index (χ0n) is 30.0. The molecule has 5 amide bonds. The van der Waals surface area contributed by atoms with E-state index in [1.54, 1.807) is 18.2 Å². The number of phenols is 1. The summed E-state index contributed by atoms with van der Waals surface area (Å²) in [5, 5.41) is 33.5. The Morgan fingerprint density at radius 3 is 2.17 bits per heavy atom. The highest BCUT2D eigenvalue weighted by molar-refractivity contribution is 5.93. The molecule has 17 heteroatoms. The van der Waals surface area contributed by atoms with E-state index in [1.165, 1.54) is 0 Å². The summed E-state index contributed by atoms with van der Waals surface area (Å²) >= 11 is 0. The Morgan fingerprint density at radius 2 is 1.49 bits per heavy atom. The molecule has 1 heterocycles. The monoisotopic (exact) mass is 740 g/mol. The van der Waals surface area contributed by atoms with Crippen molar-refractivity contribution in [3.05, 3.63) is 53.6 Å². The predicted octanol–water partition coefficient (Wildman–Crippen LogP) is -2.92. The number of benzene rings is 2. The molecule has 1 aliphatic heterocycles. The van der Waals surface area contributed by atoms with Gasteiger partial charge < -0.3 is 65.5 Å². The van der Waals surface area contributed by atoms with Crippen LogP contribution in [-0.2, 0) is 36.8 Å². The average molecular weight is 741 g/mol. The summed E-state index contributed by atoms with van der Waals surface area (Å²) in [4.78, 5) is 64.8. The second-order valence-corrected chi connectivity index (χ2v) is 13.3. The molecule has 6 atom stereocenters. The molecule has 0 saturated carbocycles. The third-order valence-corrected chi connectivity index (χ3v) is 8.96. The molecule has 17 N–H and O–H groups in total. The van der Waals surface area contributed by atoms with Gasteiger partial charge in [-0.25, -0.2) is 0 Å². The van der Waals surface area contributed by atoms with Crippen LogP contribution in [0.2, 0.25) is 0 Å². The number of aliphatic hydroxyl groups is 1. The van der Waals surface area contributed by atoms with Crippen LogP contribution in [0.5, 0.6) is 5.75 Å². The van der Waals surface area contributed by atoms with Gasteiger partial charge in [-0.15, -0.1) is 0 Å². The topological polar surface area (TPSA) is 316 Å². The van der Waals surface area contributed by atoms with Gasteiger partial charge in [0.25, 0.3) is 0 Å². The van der Waals surface area contributed by atoms with Crippen LogP contribution in [0, 0.1) is 0 Å². The fraction of sp³-hybridized carbons (Fsp3) is 0.528. The van der Waals surface area contributed by atoms with E-state index in [2.05, 4.69) is 26.6 Å². The summed E-state index contributed by atoms with van der Waals surface area (Å²) < 4.78 is 0. The molecule has 2 aromatic carbocycles. The number of aromatic hydroxyl groups is 1. The van der Waals surface area contributed by atoms with Crippen LogP contribution in [0.1, 0.15) is 49.7 Å². The minimum absolute atomic E-state index is 0.00526. The lowest BCUT2D eigenvalue weighted by Crippen LogP contribution is -2.56. The third-order valence-electron chi connectivity index (χ3n) is 8.96. The quantitative estimate of drug-likeness (QED) is 0.0726. The van der Waals surface area contributed by atoms with Gasteiger partial charge in [-0.05, 0) is 79.5 Å². The summed E-state index contributed by atoms with van der Waals surface area (Å²) in [6.07, 6.45) is 1.32. The van der Waals surface area contributed by atoms with E-state index in [-0.39, 0.29) is 70.1 Å². The van der Waals surface area contributed by atoms with Crippen molar-refractivity contribution in [3.8, 4) is 16.9 Å². The number of carbonyl (C=O) groups is 5. The number of hydrogen-bond acceptors (Lipinski definition) is 12. The van der Waals surface area contributed by atoms with Crippen LogP contribution in [0.4, 0.5) is 0 Å². The van der Waals surface area contributed by atoms with E-state index in [0.717, 1.165) is 16.7 Å². The van der Waals surface area contributed by atoms with E-state index < -0.39 is 59.9 Å². The molecule has 0 radical (unpaired) electrons. The Bertz CT molecular complexity index is 1540. The van der Waals surface area contributed by atoms with Crippen molar-refractivity contribution in [1.82, 2.24) is 26.6 Å². The van der Waals surface area contributed by atoms with Crippen LogP contribution in [0.15, 0.2) is 42.5 Å². The van der Waals surface area contributed by atoms with E-state index in [1.807, 2.05) is 24.3 Å². The van der Waals surface area contributed by atoms with Crippen molar-refractivity contribution >= 4 is 29.5 Å². The molecule has 0 aromatic heterocycles. The van der Waals surface area contributed by atoms with E-state index in [0.29, 0.717) is 31.2 Å². The first kappa shape index (κ1) is 42.8. The first-order valence-corrected chi connectivity index (χ1v) is 18.0. The molecule has 2 aromatic rings. The lowest BCUT2D eigenvalue weighted by atomic mass is 9.96. The van der Waals surface area contributed by atoms with Crippen LogP contribution < -0.4 is 55.3 Å². The zero-order valence-corrected chi connectivity index (χ0v) is 30.0. The minimum atomic E-state index is -1.06. The maximum atomic E-state index is 13.6. The summed E-state index contributed by atoms with van der Waals surface area (Å²) in [5.74, 6) is -2.44. The van der Waals surface area contributed by atoms with Gasteiger partial charge in [0.05, 0.1) is 24.2 Å². The largest absolute Gasteiger partial charge is 0.508 e. The van der Waals surface area contributed by atoms with Crippen LogP contribution >= 0.6 is 0 Å². The molecule has 0 saturated heterocycles. The van der Waals surface area contributed by atoms with Gasteiger partial charge in [0.2, 0.25) is 29.5 Å². The number of phenolic OH excluding ortho intramolecular Hbond substituents is 1. The van der Waals surface area contributed by atoms with Crippen molar-refractivity contribution < 1.29 is 34.2 Å². The number of rotatable bonds is 17. The maximum Gasteiger partial charge on any atom is 0.243 e. The summed E-state index contributed by atoms with van der Waals surface area (Å²) in [5.41, 5.74) is 32.0. The van der Waals surface area contributed by atoms with Crippen molar-refractivity contribution in [3.63, 3.8) is 0 Å². The van der Waals surface area contributed by atoms with E-state index in [9.17, 15) is 34.2 Å². The summed E-state index contributed by atoms with van der Waals surface area (Å²) in [6, 6.07) is 7.77. The molecule has 4 bridgehead atoms. The number of nitrogens with one attached hydrogen (secondary N) is 5. The van der Waals surface area contributed by atoms with Gasteiger partial charge in [0, 0.05) is 39.0 Å². The SMILES string of the molecule is NCCC[C@@H]1NC(=O)[C@@H](N)Cc2cc(ccc2O)-c2cccc(c2)C[C@@H](C(=O)NCCC[C@H](N)C(=O)NCCC[C@H](N)C(=O)NCC(O)CN)NC1=O. The molecule has 0 aliphatic carbocycles. The van der Waals surface area contributed by atoms with Crippen molar-refractivity contribution in [2.24, 2.45) is 28.7 Å². The Morgan fingerprint density at radius 1 is 0.830 bits per heavy atom. The molecule has 3 rings (SSSR count). The second kappa shape index (κ2) is 21.8. The van der Waals surface area contributed by atoms with Gasteiger partial charge in [-0.3, -0.25) is 24.0 Å².